The predicted octanol–water partition coefficient (Wildman–Crippen LogP) is 2.15. The zero-order chi connectivity index (χ0) is 11.1. The first kappa shape index (κ1) is 11.6. The molecule has 0 heterocycles. The summed E-state index contributed by atoms with van der Waals surface area (Å²) in [6, 6.07) is 8.10. The van der Waals surface area contributed by atoms with E-state index >= 15 is 0 Å². The van der Waals surface area contributed by atoms with Gasteiger partial charge in [0.15, 0.2) is 0 Å². The third-order valence-corrected chi connectivity index (χ3v) is 2.25. The van der Waals surface area contributed by atoms with Crippen molar-refractivity contribution in [3.63, 3.8) is 0 Å². The molecule has 2 nitrogen and oxygen atoms in total. The van der Waals surface area contributed by atoms with Crippen molar-refractivity contribution in [3.05, 3.63) is 29.8 Å². The van der Waals surface area contributed by atoms with Gasteiger partial charge in [-0.25, -0.2) is 0 Å². The highest BCUT2D eigenvalue weighted by Gasteiger charge is 1.99. The number of nitrogens with zero attached hydrogens (tertiary/aromatic N) is 1. The Labute approximate surface area is 91.9 Å². The van der Waals surface area contributed by atoms with E-state index in [1.807, 2.05) is 12.1 Å². The van der Waals surface area contributed by atoms with Crippen LogP contribution in [0.4, 0.5) is 0 Å². The highest BCUT2D eigenvalue weighted by atomic mass is 16.5. The normalized spacial score (nSPS) is 10.0. The summed E-state index contributed by atoms with van der Waals surface area (Å²) in [6.07, 6.45) is 6.01. The number of ether oxygens (including phenoxy) is 1. The third-order valence-electron chi connectivity index (χ3n) is 2.25. The molecule has 0 bridgehead atoms. The van der Waals surface area contributed by atoms with Crippen LogP contribution in [0.2, 0.25) is 0 Å². The molecule has 1 rings (SSSR count). The van der Waals surface area contributed by atoms with Crippen molar-refractivity contribution in [2.45, 2.75) is 13.0 Å². The zero-order valence-electron chi connectivity index (χ0n) is 9.36. The van der Waals surface area contributed by atoms with Crippen molar-refractivity contribution in [3.8, 4) is 18.1 Å². The molecule has 0 radical (unpaired) electrons. The summed E-state index contributed by atoms with van der Waals surface area (Å²) in [7, 11) is 3.75. The lowest BCUT2D eigenvalue weighted by atomic mass is 10.2. The van der Waals surface area contributed by atoms with Crippen LogP contribution in [0.1, 0.15) is 12.0 Å². The van der Waals surface area contributed by atoms with E-state index in [0.717, 1.165) is 25.3 Å². The minimum absolute atomic E-state index is 0.798. The number of rotatable bonds is 5. The summed E-state index contributed by atoms with van der Waals surface area (Å²) >= 11 is 0. The molecule has 15 heavy (non-hydrogen) atoms. The van der Waals surface area contributed by atoms with Gasteiger partial charge in [0.1, 0.15) is 5.75 Å². The summed E-state index contributed by atoms with van der Waals surface area (Å²) in [4.78, 5) is 2.21. The summed E-state index contributed by atoms with van der Waals surface area (Å²) in [6.45, 7) is 1.86. The van der Waals surface area contributed by atoms with Crippen LogP contribution in [0.5, 0.6) is 5.75 Å². The SMILES string of the molecule is C#CCCN(C)Cc1ccc(OC)cc1. The Hall–Kier alpha value is -1.46. The molecular formula is C13H17NO. The van der Waals surface area contributed by atoms with Crippen molar-refractivity contribution in [2.75, 3.05) is 20.7 Å². The highest BCUT2D eigenvalue weighted by molar-refractivity contribution is 5.27. The average Bonchev–Trinajstić information content (AvgIpc) is 2.27. The molecule has 0 N–H and O–H groups in total. The maximum atomic E-state index is 5.21. The first-order chi connectivity index (χ1) is 7.26. The molecule has 1 aromatic rings. The number of terminal acetylenes is 1. The Morgan fingerprint density at radius 2 is 2.00 bits per heavy atom. The molecule has 0 aliphatic carbocycles. The number of hydrogen-bond donors (Lipinski definition) is 0. The Morgan fingerprint density at radius 3 is 2.53 bits per heavy atom. The smallest absolute Gasteiger partial charge is 0.118 e. The summed E-state index contributed by atoms with van der Waals surface area (Å²) in [5.41, 5.74) is 1.27. The largest absolute Gasteiger partial charge is 0.497 e. The molecule has 0 atom stereocenters. The average molecular weight is 203 g/mol. The number of methoxy groups -OCH3 is 1. The second-order valence-corrected chi connectivity index (χ2v) is 3.54. The molecule has 0 aliphatic rings. The van der Waals surface area contributed by atoms with Gasteiger partial charge in [0.25, 0.3) is 0 Å². The van der Waals surface area contributed by atoms with Crippen molar-refractivity contribution in [1.29, 1.82) is 0 Å². The van der Waals surface area contributed by atoms with Crippen LogP contribution < -0.4 is 4.74 Å². The van der Waals surface area contributed by atoms with E-state index in [2.05, 4.69) is 30.0 Å². The van der Waals surface area contributed by atoms with Gasteiger partial charge in [0.2, 0.25) is 0 Å². The van der Waals surface area contributed by atoms with Gasteiger partial charge in [0, 0.05) is 19.5 Å². The van der Waals surface area contributed by atoms with Gasteiger partial charge >= 0.3 is 0 Å². The van der Waals surface area contributed by atoms with Crippen LogP contribution in [0.25, 0.3) is 0 Å². The highest BCUT2D eigenvalue weighted by Crippen LogP contribution is 2.12. The Balaban J connectivity index is 2.46. The predicted molar refractivity (Wildman–Crippen MR) is 62.8 cm³/mol. The van der Waals surface area contributed by atoms with Gasteiger partial charge in [-0.05, 0) is 24.7 Å². The fourth-order valence-corrected chi connectivity index (χ4v) is 1.38. The second kappa shape index (κ2) is 6.10. The van der Waals surface area contributed by atoms with Crippen molar-refractivity contribution >= 4 is 0 Å². The van der Waals surface area contributed by atoms with Crippen molar-refractivity contribution in [2.24, 2.45) is 0 Å². The molecule has 0 saturated carbocycles. The fraction of sp³-hybridized carbons (Fsp3) is 0.385. The maximum absolute atomic E-state index is 5.21. The maximum Gasteiger partial charge on any atom is 0.118 e. The van der Waals surface area contributed by atoms with Crippen molar-refractivity contribution in [1.82, 2.24) is 4.90 Å². The summed E-state index contributed by atoms with van der Waals surface area (Å²) in [5.74, 6) is 3.53. The Kier molecular flexibility index (Phi) is 4.73. The summed E-state index contributed by atoms with van der Waals surface area (Å²) < 4.78 is 5.10. The lowest BCUT2D eigenvalue weighted by Crippen LogP contribution is -2.18. The minimum atomic E-state index is 0.798. The monoisotopic (exact) mass is 203 g/mol. The van der Waals surface area contributed by atoms with Crippen molar-refractivity contribution < 1.29 is 4.74 Å². The van der Waals surface area contributed by atoms with Crippen LogP contribution in [0.15, 0.2) is 24.3 Å². The van der Waals surface area contributed by atoms with Crippen LogP contribution in [-0.4, -0.2) is 25.6 Å². The second-order valence-electron chi connectivity index (χ2n) is 3.54. The molecule has 0 amide bonds. The molecule has 80 valence electrons. The first-order valence-electron chi connectivity index (χ1n) is 5.01. The quantitative estimate of drug-likeness (QED) is 0.680. The molecular weight excluding hydrogens is 186 g/mol. The van der Waals surface area contributed by atoms with E-state index in [4.69, 9.17) is 11.2 Å². The first-order valence-corrected chi connectivity index (χ1v) is 5.01. The number of hydrogen-bond acceptors (Lipinski definition) is 2. The van der Waals surface area contributed by atoms with E-state index in [0.29, 0.717) is 0 Å². The minimum Gasteiger partial charge on any atom is -0.497 e. The molecule has 0 unspecified atom stereocenters. The standard InChI is InChI=1S/C13H17NO/c1-4-5-10-14(2)11-12-6-8-13(15-3)9-7-12/h1,6-9H,5,10-11H2,2-3H3. The third kappa shape index (κ3) is 4.05. The van der Waals surface area contributed by atoms with Gasteiger partial charge in [-0.3, -0.25) is 0 Å². The van der Waals surface area contributed by atoms with Gasteiger partial charge in [0.05, 0.1) is 7.11 Å². The fourth-order valence-electron chi connectivity index (χ4n) is 1.38. The molecule has 0 aromatic heterocycles. The lowest BCUT2D eigenvalue weighted by Gasteiger charge is -2.15. The van der Waals surface area contributed by atoms with Gasteiger partial charge in [-0.2, -0.15) is 0 Å². The van der Waals surface area contributed by atoms with Crippen LogP contribution in [0.3, 0.4) is 0 Å². The van der Waals surface area contributed by atoms with Crippen LogP contribution in [0, 0.1) is 12.3 Å². The topological polar surface area (TPSA) is 12.5 Å². The molecule has 2 heteroatoms. The molecule has 0 fully saturated rings. The van der Waals surface area contributed by atoms with Gasteiger partial charge < -0.3 is 9.64 Å². The molecule has 1 aromatic carbocycles. The van der Waals surface area contributed by atoms with E-state index < -0.39 is 0 Å². The van der Waals surface area contributed by atoms with Gasteiger partial charge in [-0.15, -0.1) is 12.3 Å². The Morgan fingerprint density at radius 1 is 1.33 bits per heavy atom. The molecule has 0 spiro atoms. The zero-order valence-corrected chi connectivity index (χ0v) is 9.36. The van der Waals surface area contributed by atoms with E-state index in [1.54, 1.807) is 7.11 Å². The number of benzene rings is 1. The summed E-state index contributed by atoms with van der Waals surface area (Å²) in [5, 5.41) is 0. The van der Waals surface area contributed by atoms with Gasteiger partial charge in [-0.1, -0.05) is 12.1 Å². The molecule has 0 saturated heterocycles. The van der Waals surface area contributed by atoms with E-state index in [9.17, 15) is 0 Å². The lowest BCUT2D eigenvalue weighted by molar-refractivity contribution is 0.335. The van der Waals surface area contributed by atoms with Crippen LogP contribution >= 0.6 is 0 Å². The van der Waals surface area contributed by atoms with E-state index in [1.165, 1.54) is 5.56 Å². The van der Waals surface area contributed by atoms with E-state index in [-0.39, 0.29) is 0 Å². The molecule has 0 aliphatic heterocycles. The Bertz CT molecular complexity index is 323. The van der Waals surface area contributed by atoms with Crippen LogP contribution in [-0.2, 0) is 6.54 Å².